The van der Waals surface area contributed by atoms with E-state index in [0.29, 0.717) is 16.5 Å². The van der Waals surface area contributed by atoms with Crippen molar-refractivity contribution in [2.45, 2.75) is 0 Å². The molecule has 1 amide bonds. The minimum absolute atomic E-state index is 0.0516. The largest absolute Gasteiger partial charge is 0.443 e. The van der Waals surface area contributed by atoms with Gasteiger partial charge in [0.05, 0.1) is 17.1 Å². The second-order valence-electron chi connectivity index (χ2n) is 3.09. The Morgan fingerprint density at radius 1 is 1.50 bits per heavy atom. The molecule has 1 aromatic heterocycles. The summed E-state index contributed by atoms with van der Waals surface area (Å²) in [5.74, 6) is 0. The third-order valence-corrected chi connectivity index (χ3v) is 2.14. The number of primary amides is 1. The number of halogens is 1. The van der Waals surface area contributed by atoms with Gasteiger partial charge in [0.25, 0.3) is 0 Å². The van der Waals surface area contributed by atoms with E-state index in [9.17, 15) is 4.79 Å². The van der Waals surface area contributed by atoms with Gasteiger partial charge in [-0.25, -0.2) is 9.78 Å². The number of amides is 1. The van der Waals surface area contributed by atoms with Crippen molar-refractivity contribution in [3.63, 3.8) is 0 Å². The third-order valence-electron chi connectivity index (χ3n) is 1.93. The quantitative estimate of drug-likeness (QED) is 0.674. The van der Waals surface area contributed by atoms with Crippen LogP contribution in [0.3, 0.4) is 0 Å². The first-order valence-corrected chi connectivity index (χ1v) is 4.84. The van der Waals surface area contributed by atoms with E-state index in [4.69, 9.17) is 17.3 Å². The number of fused-ring (bicyclic) bond motifs is 1. The van der Waals surface area contributed by atoms with Crippen LogP contribution >= 0.6 is 11.6 Å². The van der Waals surface area contributed by atoms with Gasteiger partial charge in [-0.05, 0) is 18.2 Å². The van der Waals surface area contributed by atoms with Crippen LogP contribution < -0.4 is 16.6 Å². The Balaban J connectivity index is 2.17. The van der Waals surface area contributed by atoms with Crippen LogP contribution in [0.15, 0.2) is 17.8 Å². The molecule has 1 aliphatic heterocycles. The molecule has 7 heteroatoms. The first-order valence-electron chi connectivity index (χ1n) is 4.46. The third kappa shape index (κ3) is 2.34. The highest BCUT2D eigenvalue weighted by atomic mass is 35.5. The zero-order valence-electron chi connectivity index (χ0n) is 8.16. The fourth-order valence-electron chi connectivity index (χ4n) is 1.24. The van der Waals surface area contributed by atoms with Crippen molar-refractivity contribution in [3.05, 3.63) is 28.7 Å². The number of anilines is 1. The Labute approximate surface area is 96.4 Å². The maximum atomic E-state index is 10.4. The minimum atomic E-state index is -0.826. The molecule has 4 N–H and O–H groups in total. The van der Waals surface area contributed by atoms with Crippen molar-refractivity contribution in [1.29, 1.82) is 0 Å². The molecule has 6 nitrogen and oxygen atoms in total. The molecule has 2 heterocycles. The van der Waals surface area contributed by atoms with Crippen molar-refractivity contribution >= 4 is 29.5 Å². The molecule has 0 saturated carbocycles. The Morgan fingerprint density at radius 3 is 3.06 bits per heavy atom. The van der Waals surface area contributed by atoms with Crippen LogP contribution in [0, 0.1) is 0 Å². The summed E-state index contributed by atoms with van der Waals surface area (Å²) < 4.78 is 4.63. The molecule has 1 aromatic rings. The van der Waals surface area contributed by atoms with Gasteiger partial charge in [-0.2, -0.15) is 0 Å². The lowest BCUT2D eigenvalue weighted by Gasteiger charge is -2.19. The van der Waals surface area contributed by atoms with Crippen molar-refractivity contribution in [2.24, 2.45) is 5.73 Å². The molecule has 0 aliphatic carbocycles. The molecule has 0 bridgehead atoms. The summed E-state index contributed by atoms with van der Waals surface area (Å²) in [6.45, 7) is 0.0516. The van der Waals surface area contributed by atoms with Gasteiger partial charge in [0, 0.05) is 0 Å². The van der Waals surface area contributed by atoms with Gasteiger partial charge in [0.2, 0.25) is 0 Å². The van der Waals surface area contributed by atoms with Crippen LogP contribution in [-0.4, -0.2) is 17.7 Å². The molecule has 0 unspecified atom stereocenters. The number of hydrogen-bond donors (Lipinski definition) is 3. The van der Waals surface area contributed by atoms with Gasteiger partial charge in [-0.15, -0.1) is 0 Å². The van der Waals surface area contributed by atoms with Crippen LogP contribution in [0.1, 0.15) is 5.69 Å². The smallest absolute Gasteiger partial charge is 0.404 e. The van der Waals surface area contributed by atoms with E-state index >= 15 is 0 Å². The number of aromatic nitrogens is 1. The summed E-state index contributed by atoms with van der Waals surface area (Å²) in [4.78, 5) is 14.5. The van der Waals surface area contributed by atoms with Crippen molar-refractivity contribution in [3.8, 4) is 0 Å². The van der Waals surface area contributed by atoms with Gasteiger partial charge >= 0.3 is 6.09 Å². The fourth-order valence-corrected chi connectivity index (χ4v) is 1.40. The number of ether oxygens (including phenoxy) is 1. The summed E-state index contributed by atoms with van der Waals surface area (Å²) >= 11 is 5.76. The Morgan fingerprint density at radius 2 is 2.31 bits per heavy atom. The van der Waals surface area contributed by atoms with Crippen LogP contribution in [-0.2, 0) is 4.74 Å². The van der Waals surface area contributed by atoms with Crippen LogP contribution in [0.4, 0.5) is 10.5 Å². The average Bonchev–Trinajstić information content (AvgIpc) is 2.25. The van der Waals surface area contributed by atoms with E-state index in [1.54, 1.807) is 18.2 Å². The van der Waals surface area contributed by atoms with E-state index in [2.05, 4.69) is 20.6 Å². The van der Waals surface area contributed by atoms with Crippen LogP contribution in [0.2, 0.25) is 5.15 Å². The van der Waals surface area contributed by atoms with Crippen molar-refractivity contribution in [1.82, 2.24) is 10.4 Å². The maximum absolute atomic E-state index is 10.4. The van der Waals surface area contributed by atoms with Gasteiger partial charge in [-0.1, -0.05) is 11.6 Å². The van der Waals surface area contributed by atoms with E-state index < -0.39 is 6.09 Å². The highest BCUT2D eigenvalue weighted by molar-refractivity contribution is 6.29. The lowest BCUT2D eigenvalue weighted by atomic mass is 10.2. The van der Waals surface area contributed by atoms with Crippen molar-refractivity contribution < 1.29 is 9.53 Å². The SMILES string of the molecule is NC(=O)OCC1=Cc2nc(Cl)ccc2NN1. The molecule has 1 aliphatic rings. The van der Waals surface area contributed by atoms with E-state index in [1.165, 1.54) is 0 Å². The number of nitrogens with two attached hydrogens (primary N) is 1. The number of nitrogens with one attached hydrogen (secondary N) is 2. The predicted molar refractivity (Wildman–Crippen MR) is 59.5 cm³/mol. The normalized spacial score (nSPS) is 12.9. The fraction of sp³-hybridized carbons (Fsp3) is 0.111. The molecule has 0 atom stereocenters. The topological polar surface area (TPSA) is 89.3 Å². The number of hydrogen-bond acceptors (Lipinski definition) is 5. The Bertz CT molecular complexity index is 461. The Kier molecular flexibility index (Phi) is 2.82. The predicted octanol–water partition coefficient (Wildman–Crippen LogP) is 1.10. The van der Waals surface area contributed by atoms with E-state index in [1.807, 2.05) is 0 Å². The molecule has 84 valence electrons. The highest BCUT2D eigenvalue weighted by Crippen LogP contribution is 2.21. The molecular weight excluding hydrogens is 232 g/mol. The number of pyridine rings is 1. The average molecular weight is 241 g/mol. The van der Waals surface area contributed by atoms with E-state index in [0.717, 1.165) is 5.69 Å². The number of hydrazine groups is 1. The molecule has 0 fully saturated rings. The summed E-state index contributed by atoms with van der Waals surface area (Å²) in [5, 5.41) is 0.397. The lowest BCUT2D eigenvalue weighted by molar-refractivity contribution is 0.165. The second-order valence-corrected chi connectivity index (χ2v) is 3.48. The van der Waals surface area contributed by atoms with Crippen LogP contribution in [0.5, 0.6) is 0 Å². The lowest BCUT2D eigenvalue weighted by Crippen LogP contribution is -2.29. The zero-order chi connectivity index (χ0) is 11.5. The molecule has 0 radical (unpaired) electrons. The monoisotopic (exact) mass is 240 g/mol. The van der Waals surface area contributed by atoms with Gasteiger partial charge in [-0.3, -0.25) is 5.43 Å². The zero-order valence-corrected chi connectivity index (χ0v) is 8.91. The summed E-state index contributed by atoms with van der Waals surface area (Å²) in [6.07, 6.45) is 0.897. The summed E-state index contributed by atoms with van der Waals surface area (Å²) in [5.41, 5.74) is 12.7. The highest BCUT2D eigenvalue weighted by Gasteiger charge is 2.11. The summed E-state index contributed by atoms with van der Waals surface area (Å²) in [7, 11) is 0. The molecule has 2 rings (SSSR count). The molecular formula is C9H9ClN4O2. The van der Waals surface area contributed by atoms with Crippen LogP contribution in [0.25, 0.3) is 6.08 Å². The number of carbonyl (C=O) groups is 1. The van der Waals surface area contributed by atoms with E-state index in [-0.39, 0.29) is 6.61 Å². The molecule has 16 heavy (non-hydrogen) atoms. The molecule has 0 saturated heterocycles. The summed E-state index contributed by atoms with van der Waals surface area (Å²) in [6, 6.07) is 3.47. The number of carbonyl (C=O) groups excluding carboxylic acids is 1. The van der Waals surface area contributed by atoms with Crippen molar-refractivity contribution in [2.75, 3.05) is 12.0 Å². The molecule has 0 spiro atoms. The minimum Gasteiger partial charge on any atom is -0.443 e. The van der Waals surface area contributed by atoms with Gasteiger partial charge < -0.3 is 15.9 Å². The number of nitrogens with zero attached hydrogens (tertiary/aromatic N) is 1. The van der Waals surface area contributed by atoms with Gasteiger partial charge in [0.15, 0.2) is 0 Å². The van der Waals surface area contributed by atoms with Gasteiger partial charge in [0.1, 0.15) is 11.8 Å². The standard InChI is InChI=1S/C9H9ClN4O2/c10-8-2-1-6-7(12-8)3-5(13-14-6)4-16-9(11)15/h1-3,13-14H,4H2,(H2,11,15). The second kappa shape index (κ2) is 4.28. The first-order chi connectivity index (χ1) is 7.65. The first kappa shape index (κ1) is 10.6. The number of rotatable bonds is 2. The maximum Gasteiger partial charge on any atom is 0.404 e. The molecule has 0 aromatic carbocycles. The Hall–Kier alpha value is -1.95.